The monoisotopic (exact) mass is 238 g/mol. The highest BCUT2D eigenvalue weighted by atomic mass is 16.4. The molecule has 0 bridgehead atoms. The average molecular weight is 238 g/mol. The maximum atomic E-state index is 11.9. The van der Waals surface area contributed by atoms with Crippen molar-refractivity contribution >= 4 is 11.9 Å². The van der Waals surface area contributed by atoms with Gasteiger partial charge in [0.1, 0.15) is 6.04 Å². The molecule has 17 heavy (non-hydrogen) atoms. The molecular weight excluding hydrogens is 220 g/mol. The van der Waals surface area contributed by atoms with Gasteiger partial charge >= 0.3 is 5.97 Å². The van der Waals surface area contributed by atoms with E-state index in [0.717, 1.165) is 0 Å². The number of amides is 1. The lowest BCUT2D eigenvalue weighted by Crippen LogP contribution is -2.45. The quantitative estimate of drug-likeness (QED) is 0.752. The van der Waals surface area contributed by atoms with Crippen LogP contribution < -0.4 is 5.32 Å². The third-order valence-corrected chi connectivity index (χ3v) is 2.57. The van der Waals surface area contributed by atoms with Crippen molar-refractivity contribution in [1.82, 2.24) is 10.2 Å². The van der Waals surface area contributed by atoms with Gasteiger partial charge in [-0.3, -0.25) is 4.79 Å². The van der Waals surface area contributed by atoms with Crippen LogP contribution >= 0.6 is 0 Å². The van der Waals surface area contributed by atoms with Crippen LogP contribution in [-0.4, -0.2) is 41.5 Å². The normalized spacial score (nSPS) is 16.7. The van der Waals surface area contributed by atoms with Gasteiger partial charge in [0, 0.05) is 19.2 Å². The first-order valence-electron chi connectivity index (χ1n) is 5.53. The van der Waals surface area contributed by atoms with E-state index >= 15 is 0 Å². The van der Waals surface area contributed by atoms with Gasteiger partial charge in [-0.15, -0.1) is 0 Å². The second kappa shape index (κ2) is 5.52. The average Bonchev–Trinajstić information content (AvgIpc) is 2.24. The van der Waals surface area contributed by atoms with Crippen molar-refractivity contribution in [3.05, 3.63) is 23.9 Å². The van der Waals surface area contributed by atoms with Crippen molar-refractivity contribution in [3.8, 4) is 0 Å². The van der Waals surface area contributed by atoms with Gasteiger partial charge in [0.25, 0.3) is 0 Å². The molecule has 1 atom stereocenters. The maximum Gasteiger partial charge on any atom is 0.326 e. The molecule has 0 aromatic heterocycles. The number of carbonyl (C=O) groups is 2. The number of hydrogen-bond donors (Lipinski definition) is 2. The van der Waals surface area contributed by atoms with E-state index in [1.165, 1.54) is 0 Å². The van der Waals surface area contributed by atoms with Crippen LogP contribution in [0.1, 0.15) is 13.8 Å². The number of hydrogen-bond acceptors (Lipinski definition) is 3. The van der Waals surface area contributed by atoms with E-state index in [-0.39, 0.29) is 11.8 Å². The van der Waals surface area contributed by atoms with Crippen LogP contribution in [0.3, 0.4) is 0 Å². The van der Waals surface area contributed by atoms with Gasteiger partial charge in [0.2, 0.25) is 5.91 Å². The molecule has 1 aliphatic rings. The van der Waals surface area contributed by atoms with Crippen LogP contribution in [0, 0.1) is 5.92 Å². The molecule has 0 aromatic rings. The van der Waals surface area contributed by atoms with E-state index in [1.807, 2.05) is 18.1 Å². The molecule has 0 saturated heterocycles. The number of likely N-dealkylation sites (N-methyl/N-ethyl adjacent to an activating group) is 1. The zero-order valence-corrected chi connectivity index (χ0v) is 10.3. The second-order valence-corrected chi connectivity index (χ2v) is 4.48. The Labute approximate surface area is 101 Å². The van der Waals surface area contributed by atoms with Gasteiger partial charge in [0.15, 0.2) is 0 Å². The number of nitrogens with one attached hydrogen (secondary N) is 1. The first kappa shape index (κ1) is 13.3. The van der Waals surface area contributed by atoms with Crippen molar-refractivity contribution < 1.29 is 14.7 Å². The molecule has 0 aliphatic carbocycles. The number of carboxylic acids is 1. The third kappa shape index (κ3) is 3.62. The molecule has 2 N–H and O–H groups in total. The van der Waals surface area contributed by atoms with Crippen LogP contribution in [-0.2, 0) is 9.59 Å². The second-order valence-electron chi connectivity index (χ2n) is 4.48. The van der Waals surface area contributed by atoms with Crippen LogP contribution in [0.25, 0.3) is 0 Å². The number of aliphatic carboxylic acids is 1. The van der Waals surface area contributed by atoms with E-state index in [0.29, 0.717) is 12.1 Å². The molecule has 0 fully saturated rings. The minimum absolute atomic E-state index is 0.145. The standard InChI is InChI=1S/C12H18N2O3/c1-8(2)10(12(16)17)13-11(15)9-5-4-6-14(3)7-9/h4-6,8,10H,7H2,1-3H3,(H,13,15)(H,16,17). The minimum atomic E-state index is -1.01. The molecule has 1 rings (SSSR count). The van der Waals surface area contributed by atoms with Gasteiger partial charge in [0.05, 0.1) is 0 Å². The Kier molecular flexibility index (Phi) is 4.31. The first-order valence-corrected chi connectivity index (χ1v) is 5.53. The summed E-state index contributed by atoms with van der Waals surface area (Å²) in [6, 6.07) is -0.848. The van der Waals surface area contributed by atoms with Gasteiger partial charge in [-0.25, -0.2) is 4.79 Å². The molecule has 5 nitrogen and oxygen atoms in total. The predicted molar refractivity (Wildman–Crippen MR) is 64.3 cm³/mol. The van der Waals surface area contributed by atoms with E-state index in [2.05, 4.69) is 5.32 Å². The fourth-order valence-electron chi connectivity index (χ4n) is 1.58. The van der Waals surface area contributed by atoms with Crippen LogP contribution in [0.4, 0.5) is 0 Å². The highest BCUT2D eigenvalue weighted by Gasteiger charge is 2.25. The van der Waals surface area contributed by atoms with Crippen molar-refractivity contribution in [1.29, 1.82) is 0 Å². The lowest BCUT2D eigenvalue weighted by Gasteiger charge is -2.22. The van der Waals surface area contributed by atoms with E-state index in [9.17, 15) is 9.59 Å². The Bertz CT molecular complexity index is 372. The summed E-state index contributed by atoms with van der Waals surface area (Å²) >= 11 is 0. The van der Waals surface area contributed by atoms with Crippen molar-refractivity contribution in [3.63, 3.8) is 0 Å². The van der Waals surface area contributed by atoms with Gasteiger partial charge < -0.3 is 15.3 Å². The molecule has 0 saturated carbocycles. The number of carboxylic acid groups (broad SMARTS) is 1. The molecule has 94 valence electrons. The van der Waals surface area contributed by atoms with E-state index in [1.54, 1.807) is 26.0 Å². The third-order valence-electron chi connectivity index (χ3n) is 2.57. The number of rotatable bonds is 4. The Morgan fingerprint density at radius 2 is 2.12 bits per heavy atom. The van der Waals surface area contributed by atoms with Gasteiger partial charge in [-0.1, -0.05) is 19.9 Å². The summed E-state index contributed by atoms with van der Waals surface area (Å²) < 4.78 is 0. The smallest absolute Gasteiger partial charge is 0.326 e. The van der Waals surface area contributed by atoms with E-state index in [4.69, 9.17) is 5.11 Å². The number of carbonyl (C=O) groups excluding carboxylic acids is 1. The number of nitrogens with zero attached hydrogens (tertiary/aromatic N) is 1. The Morgan fingerprint density at radius 3 is 2.59 bits per heavy atom. The fourth-order valence-corrected chi connectivity index (χ4v) is 1.58. The van der Waals surface area contributed by atoms with Crippen LogP contribution in [0.15, 0.2) is 23.9 Å². The Hall–Kier alpha value is -1.78. The zero-order valence-electron chi connectivity index (χ0n) is 10.3. The highest BCUT2D eigenvalue weighted by molar-refractivity contribution is 5.96. The van der Waals surface area contributed by atoms with Crippen molar-refractivity contribution in [2.24, 2.45) is 5.92 Å². The Balaban J connectivity index is 2.68. The Morgan fingerprint density at radius 1 is 1.47 bits per heavy atom. The maximum absolute atomic E-state index is 11.9. The molecule has 1 amide bonds. The van der Waals surface area contributed by atoms with E-state index < -0.39 is 12.0 Å². The summed E-state index contributed by atoms with van der Waals surface area (Å²) in [5, 5.41) is 11.5. The molecule has 0 radical (unpaired) electrons. The minimum Gasteiger partial charge on any atom is -0.480 e. The zero-order chi connectivity index (χ0) is 13.0. The molecular formula is C12H18N2O3. The lowest BCUT2D eigenvalue weighted by atomic mass is 10.0. The highest BCUT2D eigenvalue weighted by Crippen LogP contribution is 2.08. The van der Waals surface area contributed by atoms with Gasteiger partial charge in [-0.05, 0) is 18.2 Å². The summed E-state index contributed by atoms with van der Waals surface area (Å²) in [4.78, 5) is 24.7. The molecule has 0 aromatic carbocycles. The molecule has 1 heterocycles. The molecule has 5 heteroatoms. The molecule has 1 aliphatic heterocycles. The van der Waals surface area contributed by atoms with Crippen LogP contribution in [0.5, 0.6) is 0 Å². The summed E-state index contributed by atoms with van der Waals surface area (Å²) in [5.74, 6) is -1.47. The predicted octanol–water partition coefficient (Wildman–Crippen LogP) is 0.597. The summed E-state index contributed by atoms with van der Waals surface area (Å²) in [5.41, 5.74) is 0.571. The summed E-state index contributed by atoms with van der Waals surface area (Å²) in [7, 11) is 1.86. The van der Waals surface area contributed by atoms with Crippen LogP contribution in [0.2, 0.25) is 0 Å². The largest absolute Gasteiger partial charge is 0.480 e. The lowest BCUT2D eigenvalue weighted by molar-refractivity contribution is -0.142. The van der Waals surface area contributed by atoms with Crippen molar-refractivity contribution in [2.45, 2.75) is 19.9 Å². The fraction of sp³-hybridized carbons (Fsp3) is 0.500. The first-order chi connectivity index (χ1) is 7.91. The molecule has 1 unspecified atom stereocenters. The van der Waals surface area contributed by atoms with Crippen molar-refractivity contribution in [2.75, 3.05) is 13.6 Å². The van der Waals surface area contributed by atoms with Gasteiger partial charge in [-0.2, -0.15) is 0 Å². The molecule has 0 spiro atoms. The number of allylic oxidation sites excluding steroid dienone is 2. The SMILES string of the molecule is CC(C)C(NC(=O)C1=CC=CN(C)C1)C(=O)O. The topological polar surface area (TPSA) is 69.6 Å². The summed E-state index contributed by atoms with van der Waals surface area (Å²) in [6.07, 6.45) is 5.33. The summed E-state index contributed by atoms with van der Waals surface area (Å²) in [6.45, 7) is 4.02.